The van der Waals surface area contributed by atoms with Gasteiger partial charge in [0.15, 0.2) is 0 Å². The smallest absolute Gasteiger partial charge is 0.129 e. The fourth-order valence-corrected chi connectivity index (χ4v) is 7.40. The van der Waals surface area contributed by atoms with Crippen LogP contribution in [0.15, 0.2) is 117 Å². The second-order valence-electron chi connectivity index (χ2n) is 16.0. The van der Waals surface area contributed by atoms with Gasteiger partial charge in [-0.3, -0.25) is 0 Å². The van der Waals surface area contributed by atoms with E-state index in [1.807, 2.05) is 12.4 Å². The van der Waals surface area contributed by atoms with E-state index in [1.165, 1.54) is 54.3 Å². The number of hydrogen-bond acceptors (Lipinski definition) is 6. The lowest BCUT2D eigenvalue weighted by Gasteiger charge is -2.35. The number of allylic oxidation sites excluding steroid dienone is 2. The molecule has 2 aliphatic heterocycles. The third kappa shape index (κ3) is 11.4. The Kier molecular flexibility index (Phi) is 15.6. The Bertz CT molecular complexity index is 2080. The largest absolute Gasteiger partial charge is 0.389 e. The van der Waals surface area contributed by atoms with Crippen LogP contribution in [0.4, 0.5) is 0 Å². The molecule has 0 bridgehead atoms. The third-order valence-corrected chi connectivity index (χ3v) is 11.5. The molecule has 0 aliphatic carbocycles. The molecular formula is C49H68N8. The van der Waals surface area contributed by atoms with Gasteiger partial charge >= 0.3 is 0 Å². The van der Waals surface area contributed by atoms with Gasteiger partial charge in [-0.05, 0) is 103 Å². The summed E-state index contributed by atoms with van der Waals surface area (Å²) >= 11 is 0. The van der Waals surface area contributed by atoms with Crippen LogP contribution in [0.2, 0.25) is 0 Å². The molecule has 4 N–H and O–H groups in total. The van der Waals surface area contributed by atoms with Crippen LogP contribution in [0.5, 0.6) is 0 Å². The number of rotatable bonds is 15. The second kappa shape index (κ2) is 20.8. The lowest BCUT2D eigenvalue weighted by molar-refractivity contribution is 0.270. The minimum absolute atomic E-state index is 0.161. The average molecular weight is 769 g/mol. The highest BCUT2D eigenvalue weighted by Gasteiger charge is 2.33. The van der Waals surface area contributed by atoms with Crippen molar-refractivity contribution in [1.82, 2.24) is 40.4 Å². The van der Waals surface area contributed by atoms with Gasteiger partial charge in [-0.15, -0.1) is 0 Å². The van der Waals surface area contributed by atoms with Gasteiger partial charge in [0.2, 0.25) is 0 Å². The predicted octanol–water partition coefficient (Wildman–Crippen LogP) is 11.7. The van der Waals surface area contributed by atoms with Crippen molar-refractivity contribution in [3.05, 3.63) is 123 Å². The number of hydrogen-bond donors (Lipinski definition) is 4. The van der Waals surface area contributed by atoms with Gasteiger partial charge in [0.25, 0.3) is 0 Å². The number of aromatic amines is 2. The molecule has 5 aromatic rings. The van der Waals surface area contributed by atoms with E-state index in [0.717, 1.165) is 89.9 Å². The Morgan fingerprint density at radius 2 is 1.51 bits per heavy atom. The van der Waals surface area contributed by atoms with Gasteiger partial charge in [0.1, 0.15) is 5.82 Å². The zero-order chi connectivity index (χ0) is 40.9. The van der Waals surface area contributed by atoms with Crippen molar-refractivity contribution in [2.24, 2.45) is 11.8 Å². The van der Waals surface area contributed by atoms with E-state index < -0.39 is 0 Å². The van der Waals surface area contributed by atoms with Gasteiger partial charge in [-0.2, -0.15) is 0 Å². The SMILES string of the molecule is C=C(CC)NC[C@@H](C)CC.C=C(CC)N[C@H](C(=C)N1CCC[C@H]1c1ncc(-c2ccc3cc(-c4ccc5nc[nH]c5c4)ccc3c2)[nH]1)C(C)C.C=CN1CCCC1. The van der Waals surface area contributed by atoms with E-state index in [9.17, 15) is 0 Å². The molecule has 8 heteroatoms. The van der Waals surface area contributed by atoms with E-state index in [4.69, 9.17) is 4.98 Å². The van der Waals surface area contributed by atoms with Crippen LogP contribution in [0, 0.1) is 11.8 Å². The number of aromatic nitrogens is 4. The number of fused-ring (bicyclic) bond motifs is 2. The molecule has 7 rings (SSSR count). The van der Waals surface area contributed by atoms with Crippen LogP contribution in [0.3, 0.4) is 0 Å². The Morgan fingerprint density at radius 3 is 2.16 bits per heavy atom. The molecule has 2 fully saturated rings. The Morgan fingerprint density at radius 1 is 0.842 bits per heavy atom. The first kappa shape index (κ1) is 42.9. The average Bonchev–Trinajstić information content (AvgIpc) is 4.09. The molecule has 57 heavy (non-hydrogen) atoms. The lowest BCUT2D eigenvalue weighted by atomic mass is 9.99. The van der Waals surface area contributed by atoms with Crippen molar-refractivity contribution in [3.8, 4) is 22.4 Å². The van der Waals surface area contributed by atoms with Gasteiger partial charge in [0.05, 0.1) is 41.3 Å². The van der Waals surface area contributed by atoms with E-state index >= 15 is 0 Å². The quantitative estimate of drug-likeness (QED) is 0.0848. The normalized spacial score (nSPS) is 16.1. The highest BCUT2D eigenvalue weighted by Crippen LogP contribution is 2.36. The molecule has 2 aliphatic rings. The van der Waals surface area contributed by atoms with Crippen molar-refractivity contribution >= 4 is 21.8 Å². The van der Waals surface area contributed by atoms with E-state index in [0.29, 0.717) is 5.92 Å². The zero-order valence-corrected chi connectivity index (χ0v) is 35.6. The maximum atomic E-state index is 4.86. The standard InChI is InChI=1S/C34H38N6.C9H19N.C6H11N/c1-6-22(4)38-33(21(2)3)23(5)40-15-7-8-32(40)34-35-19-31(39-34)28-12-11-24-16-25(9-10-26(24)17-28)27-13-14-29-30(18-27)37-20-36-29;1-5-8(3)7-10-9(4)6-2;1-2-7-5-3-4-6-7/h9-14,16-21,32-33,38H,4-8,15H2,1-3H3,(H,35,39)(H,36,37);8,10H,4-7H2,1-3H3;2H,1,3-6H2/t32-,33-;8-;/m00./s1. The number of imidazole rings is 2. The predicted molar refractivity (Wildman–Crippen MR) is 244 cm³/mol. The maximum Gasteiger partial charge on any atom is 0.129 e. The van der Waals surface area contributed by atoms with E-state index in [2.05, 4.69) is 158 Å². The third-order valence-electron chi connectivity index (χ3n) is 11.5. The molecular weight excluding hydrogens is 701 g/mol. The van der Waals surface area contributed by atoms with Gasteiger partial charge in [-0.1, -0.05) is 105 Å². The Balaban J connectivity index is 0.000000303. The van der Waals surface area contributed by atoms with Gasteiger partial charge < -0.3 is 30.4 Å². The Hall–Kier alpha value is -5.24. The van der Waals surface area contributed by atoms with E-state index in [1.54, 1.807) is 6.33 Å². The van der Waals surface area contributed by atoms with Crippen LogP contribution >= 0.6 is 0 Å². The van der Waals surface area contributed by atoms with Crippen molar-refractivity contribution in [3.63, 3.8) is 0 Å². The van der Waals surface area contributed by atoms with Crippen molar-refractivity contribution in [1.29, 1.82) is 0 Å². The van der Waals surface area contributed by atoms with Gasteiger partial charge in [0, 0.05) is 48.8 Å². The number of nitrogens with zero attached hydrogens (tertiary/aromatic N) is 4. The highest BCUT2D eigenvalue weighted by molar-refractivity contribution is 5.91. The molecule has 2 saturated heterocycles. The molecule has 0 radical (unpaired) electrons. The highest BCUT2D eigenvalue weighted by atomic mass is 15.2. The monoisotopic (exact) mass is 769 g/mol. The summed E-state index contributed by atoms with van der Waals surface area (Å²) in [5.74, 6) is 2.19. The first-order valence-electron chi connectivity index (χ1n) is 21.3. The molecule has 0 spiro atoms. The summed E-state index contributed by atoms with van der Waals surface area (Å²) in [6, 6.07) is 20.0. The number of H-pyrrole nitrogens is 2. The summed E-state index contributed by atoms with van der Waals surface area (Å²) in [6.07, 6.45) is 13.7. The van der Waals surface area contributed by atoms with Crippen molar-refractivity contribution in [2.75, 3.05) is 26.2 Å². The molecule has 0 unspecified atom stereocenters. The number of nitrogens with one attached hydrogen (secondary N) is 4. The molecule has 0 amide bonds. The topological polar surface area (TPSA) is 87.9 Å². The summed E-state index contributed by atoms with van der Waals surface area (Å²) in [6.45, 7) is 33.9. The lowest BCUT2D eigenvalue weighted by Crippen LogP contribution is -2.41. The molecule has 3 atom stereocenters. The summed E-state index contributed by atoms with van der Waals surface area (Å²) < 4.78 is 0. The molecule has 0 saturated carbocycles. The minimum atomic E-state index is 0.161. The van der Waals surface area contributed by atoms with Crippen LogP contribution < -0.4 is 10.6 Å². The van der Waals surface area contributed by atoms with E-state index in [-0.39, 0.29) is 12.1 Å². The molecule has 2 aromatic heterocycles. The second-order valence-corrected chi connectivity index (χ2v) is 16.0. The number of likely N-dealkylation sites (tertiary alicyclic amines) is 2. The Labute approximate surface area is 342 Å². The molecule has 4 heterocycles. The zero-order valence-electron chi connectivity index (χ0n) is 35.6. The van der Waals surface area contributed by atoms with Crippen molar-refractivity contribution in [2.45, 2.75) is 98.6 Å². The fraction of sp³-hybridized carbons (Fsp3) is 0.429. The summed E-state index contributed by atoms with van der Waals surface area (Å²) in [5.41, 5.74) is 9.92. The van der Waals surface area contributed by atoms with Crippen LogP contribution in [0.1, 0.15) is 98.4 Å². The van der Waals surface area contributed by atoms with Crippen LogP contribution in [-0.4, -0.2) is 62.0 Å². The van der Waals surface area contributed by atoms with Gasteiger partial charge in [-0.25, -0.2) is 9.97 Å². The fourth-order valence-electron chi connectivity index (χ4n) is 7.40. The van der Waals surface area contributed by atoms with Crippen LogP contribution in [-0.2, 0) is 0 Å². The molecule has 304 valence electrons. The maximum absolute atomic E-state index is 4.86. The minimum Gasteiger partial charge on any atom is -0.389 e. The van der Waals surface area contributed by atoms with Crippen molar-refractivity contribution < 1.29 is 0 Å². The molecule has 8 nitrogen and oxygen atoms in total. The first-order chi connectivity index (χ1) is 27.5. The number of benzene rings is 3. The summed E-state index contributed by atoms with van der Waals surface area (Å²) in [4.78, 5) is 20.7. The molecule has 3 aromatic carbocycles. The summed E-state index contributed by atoms with van der Waals surface area (Å²) in [5, 5.41) is 9.32. The first-order valence-corrected chi connectivity index (χ1v) is 21.3. The van der Waals surface area contributed by atoms with Crippen LogP contribution in [0.25, 0.3) is 44.2 Å². The summed E-state index contributed by atoms with van der Waals surface area (Å²) in [7, 11) is 0.